The number of nitrogens with zero attached hydrogens (tertiary/aromatic N) is 3. The average molecular weight is 182 g/mol. The summed E-state index contributed by atoms with van der Waals surface area (Å²) in [6.07, 6.45) is 2.10. The second-order valence-corrected chi connectivity index (χ2v) is 3.49. The lowest BCUT2D eigenvalue weighted by Gasteiger charge is -2.11. The first-order valence-corrected chi connectivity index (χ1v) is 4.49. The van der Waals surface area contributed by atoms with Gasteiger partial charge < -0.3 is 10.4 Å². The van der Waals surface area contributed by atoms with Crippen molar-refractivity contribution in [2.75, 3.05) is 13.1 Å². The smallest absolute Gasteiger partial charge is 0.138 e. The van der Waals surface area contributed by atoms with Crippen LogP contribution in [0.2, 0.25) is 0 Å². The van der Waals surface area contributed by atoms with Crippen molar-refractivity contribution >= 4 is 0 Å². The normalized spacial score (nSPS) is 28.2. The van der Waals surface area contributed by atoms with Crippen LogP contribution < -0.4 is 5.32 Å². The maximum Gasteiger partial charge on any atom is 0.138 e. The Labute approximate surface area is 76.8 Å². The predicted molar refractivity (Wildman–Crippen MR) is 47.1 cm³/mol. The van der Waals surface area contributed by atoms with Gasteiger partial charge in [0, 0.05) is 32.5 Å². The summed E-state index contributed by atoms with van der Waals surface area (Å²) in [5.74, 6) is 1.22. The van der Waals surface area contributed by atoms with E-state index < -0.39 is 0 Å². The zero-order valence-corrected chi connectivity index (χ0v) is 7.64. The van der Waals surface area contributed by atoms with E-state index in [0.29, 0.717) is 6.54 Å². The minimum atomic E-state index is -0.239. The summed E-state index contributed by atoms with van der Waals surface area (Å²) in [5.41, 5.74) is 0. The molecule has 72 valence electrons. The van der Waals surface area contributed by atoms with Gasteiger partial charge in [-0.15, -0.1) is 0 Å². The number of aromatic nitrogens is 3. The molecule has 0 radical (unpaired) electrons. The number of hydrogen-bond acceptors (Lipinski definition) is 4. The predicted octanol–water partition coefficient (Wildman–Crippen LogP) is -1.06. The van der Waals surface area contributed by atoms with Crippen LogP contribution in [-0.2, 0) is 13.5 Å². The van der Waals surface area contributed by atoms with Crippen molar-refractivity contribution in [1.29, 1.82) is 0 Å². The van der Waals surface area contributed by atoms with Gasteiger partial charge in [0.05, 0.1) is 6.10 Å². The third kappa shape index (κ3) is 1.71. The molecule has 0 saturated carbocycles. The molecule has 1 aromatic heterocycles. The molecule has 2 unspecified atom stereocenters. The van der Waals surface area contributed by atoms with Crippen molar-refractivity contribution in [3.63, 3.8) is 0 Å². The molecule has 1 aliphatic rings. The fourth-order valence-electron chi connectivity index (χ4n) is 1.67. The first kappa shape index (κ1) is 8.65. The molecule has 0 amide bonds. The molecule has 0 aromatic carbocycles. The van der Waals surface area contributed by atoms with Crippen molar-refractivity contribution in [2.45, 2.75) is 12.5 Å². The largest absolute Gasteiger partial charge is 0.391 e. The number of hydrogen-bond donors (Lipinski definition) is 2. The molecule has 5 nitrogen and oxygen atoms in total. The van der Waals surface area contributed by atoms with E-state index in [1.807, 2.05) is 7.05 Å². The molecule has 1 fully saturated rings. The van der Waals surface area contributed by atoms with Crippen molar-refractivity contribution in [2.24, 2.45) is 13.0 Å². The quantitative estimate of drug-likeness (QED) is 0.612. The molecule has 5 heteroatoms. The van der Waals surface area contributed by atoms with Crippen LogP contribution in [-0.4, -0.2) is 39.1 Å². The van der Waals surface area contributed by atoms with Crippen molar-refractivity contribution < 1.29 is 5.11 Å². The highest BCUT2D eigenvalue weighted by atomic mass is 16.3. The summed E-state index contributed by atoms with van der Waals surface area (Å²) in [7, 11) is 1.87. The first-order valence-electron chi connectivity index (χ1n) is 4.49. The molecule has 1 saturated heterocycles. The highest BCUT2D eigenvalue weighted by Gasteiger charge is 2.26. The molecular weight excluding hydrogens is 168 g/mol. The van der Waals surface area contributed by atoms with Gasteiger partial charge in [-0.1, -0.05) is 0 Å². The number of β-amino-alcohol motifs (C(OH)–C–C–N with tert-alkyl or cyclic N) is 1. The van der Waals surface area contributed by atoms with Gasteiger partial charge in [0.2, 0.25) is 0 Å². The van der Waals surface area contributed by atoms with Gasteiger partial charge in [-0.2, -0.15) is 5.10 Å². The molecule has 2 atom stereocenters. The average Bonchev–Trinajstić information content (AvgIpc) is 2.65. The van der Waals surface area contributed by atoms with Gasteiger partial charge >= 0.3 is 0 Å². The van der Waals surface area contributed by atoms with Crippen LogP contribution in [0.3, 0.4) is 0 Å². The second-order valence-electron chi connectivity index (χ2n) is 3.49. The Bertz CT molecular complexity index is 285. The standard InChI is InChI=1S/C8H14N4O/c1-12-8(10-5-11-12)2-6-3-9-4-7(6)13/h5-7,9,13H,2-4H2,1H3. The van der Waals surface area contributed by atoms with Gasteiger partial charge in [0.25, 0.3) is 0 Å². The second kappa shape index (κ2) is 3.43. The summed E-state index contributed by atoms with van der Waals surface area (Å²) in [6.45, 7) is 1.57. The maximum atomic E-state index is 9.56. The van der Waals surface area contributed by atoms with Gasteiger partial charge in [0.15, 0.2) is 0 Å². The van der Waals surface area contributed by atoms with Gasteiger partial charge in [-0.05, 0) is 0 Å². The van der Waals surface area contributed by atoms with E-state index in [1.54, 1.807) is 11.0 Å². The minimum Gasteiger partial charge on any atom is -0.391 e. The molecule has 1 aliphatic heterocycles. The van der Waals surface area contributed by atoms with Gasteiger partial charge in [-0.25, -0.2) is 4.98 Å². The highest BCUT2D eigenvalue weighted by Crippen LogP contribution is 2.13. The summed E-state index contributed by atoms with van der Waals surface area (Å²) < 4.78 is 1.76. The number of aryl methyl sites for hydroxylation is 1. The molecule has 0 bridgehead atoms. The summed E-state index contributed by atoms with van der Waals surface area (Å²) in [5, 5.41) is 16.7. The van der Waals surface area contributed by atoms with E-state index in [1.165, 1.54) is 0 Å². The number of aliphatic hydroxyl groups excluding tert-OH is 1. The zero-order valence-electron chi connectivity index (χ0n) is 7.64. The van der Waals surface area contributed by atoms with Crippen molar-refractivity contribution in [3.8, 4) is 0 Å². The Morgan fingerprint density at radius 3 is 3.08 bits per heavy atom. The Balaban J connectivity index is 2.01. The molecule has 0 aliphatic carbocycles. The lowest BCUT2D eigenvalue weighted by atomic mass is 10.0. The minimum absolute atomic E-state index is 0.239. The van der Waals surface area contributed by atoms with E-state index in [9.17, 15) is 5.11 Å². The van der Waals surface area contributed by atoms with E-state index in [0.717, 1.165) is 18.8 Å². The van der Waals surface area contributed by atoms with Crippen molar-refractivity contribution in [1.82, 2.24) is 20.1 Å². The monoisotopic (exact) mass is 182 g/mol. The SMILES string of the molecule is Cn1ncnc1CC1CNCC1O. The summed E-state index contributed by atoms with van der Waals surface area (Å²) in [6, 6.07) is 0. The first-order chi connectivity index (χ1) is 6.27. The Kier molecular flexibility index (Phi) is 2.28. The maximum absolute atomic E-state index is 9.56. The van der Waals surface area contributed by atoms with Crippen molar-refractivity contribution in [3.05, 3.63) is 12.2 Å². The molecule has 1 aromatic rings. The van der Waals surface area contributed by atoms with E-state index in [4.69, 9.17) is 0 Å². The number of rotatable bonds is 2. The Morgan fingerprint density at radius 2 is 2.54 bits per heavy atom. The Morgan fingerprint density at radius 1 is 1.69 bits per heavy atom. The fourth-order valence-corrected chi connectivity index (χ4v) is 1.67. The lowest BCUT2D eigenvalue weighted by molar-refractivity contribution is 0.146. The molecule has 0 spiro atoms. The van der Waals surface area contributed by atoms with Crippen LogP contribution >= 0.6 is 0 Å². The van der Waals surface area contributed by atoms with E-state index in [-0.39, 0.29) is 12.0 Å². The van der Waals surface area contributed by atoms with Gasteiger partial charge in [0.1, 0.15) is 12.2 Å². The molecule has 2 heterocycles. The zero-order chi connectivity index (χ0) is 9.26. The molecule has 2 N–H and O–H groups in total. The van der Waals surface area contributed by atoms with Crippen LogP contribution in [0.25, 0.3) is 0 Å². The fraction of sp³-hybridized carbons (Fsp3) is 0.750. The highest BCUT2D eigenvalue weighted by molar-refractivity contribution is 4.92. The van der Waals surface area contributed by atoms with E-state index >= 15 is 0 Å². The third-order valence-electron chi connectivity index (χ3n) is 2.55. The van der Waals surface area contributed by atoms with Crippen LogP contribution in [0.5, 0.6) is 0 Å². The number of aliphatic hydroxyl groups is 1. The molecular formula is C8H14N4O. The van der Waals surface area contributed by atoms with Gasteiger partial charge in [-0.3, -0.25) is 4.68 Å². The van der Waals surface area contributed by atoms with Crippen LogP contribution in [0.1, 0.15) is 5.82 Å². The topological polar surface area (TPSA) is 63.0 Å². The summed E-state index contributed by atoms with van der Waals surface area (Å²) >= 11 is 0. The van der Waals surface area contributed by atoms with Crippen LogP contribution in [0.15, 0.2) is 6.33 Å². The van der Waals surface area contributed by atoms with Crippen LogP contribution in [0, 0.1) is 5.92 Å². The number of nitrogens with one attached hydrogen (secondary N) is 1. The molecule has 13 heavy (non-hydrogen) atoms. The molecule has 2 rings (SSSR count). The lowest BCUT2D eigenvalue weighted by Crippen LogP contribution is -2.21. The van der Waals surface area contributed by atoms with E-state index in [2.05, 4.69) is 15.4 Å². The summed E-state index contributed by atoms with van der Waals surface area (Å²) in [4.78, 5) is 4.13. The Hall–Kier alpha value is -0.940. The third-order valence-corrected chi connectivity index (χ3v) is 2.55. The van der Waals surface area contributed by atoms with Crippen LogP contribution in [0.4, 0.5) is 0 Å².